The van der Waals surface area contributed by atoms with E-state index in [4.69, 9.17) is 0 Å². The van der Waals surface area contributed by atoms with Crippen LogP contribution in [-0.4, -0.2) is 60.4 Å². The minimum Gasteiger partial charge on any atom is -0.324 e. The molecule has 2 saturated heterocycles. The van der Waals surface area contributed by atoms with Gasteiger partial charge < -0.3 is 10.6 Å². The minimum atomic E-state index is 0.0257. The fourth-order valence-corrected chi connectivity index (χ4v) is 5.76. The van der Waals surface area contributed by atoms with E-state index in [-0.39, 0.29) is 23.9 Å². The van der Waals surface area contributed by atoms with Crippen molar-refractivity contribution in [1.82, 2.24) is 9.80 Å². The van der Waals surface area contributed by atoms with Crippen LogP contribution >= 0.6 is 0 Å². The van der Waals surface area contributed by atoms with Crippen LogP contribution in [0.15, 0.2) is 36.4 Å². The average Bonchev–Trinajstić information content (AvgIpc) is 2.92. The molecule has 6 heteroatoms. The molecule has 214 valence electrons. The quantitative estimate of drug-likeness (QED) is 0.419. The van der Waals surface area contributed by atoms with Crippen LogP contribution in [0.4, 0.5) is 11.4 Å². The number of rotatable bonds is 7. The van der Waals surface area contributed by atoms with Gasteiger partial charge in [-0.15, -0.1) is 0 Å². The van der Waals surface area contributed by atoms with Crippen molar-refractivity contribution in [3.63, 3.8) is 0 Å². The Balaban J connectivity index is 0.000000218. The number of hydrogen-bond donors (Lipinski definition) is 2. The highest BCUT2D eigenvalue weighted by molar-refractivity contribution is 5.96. The number of carbonyl (C=O) groups is 2. The second-order valence-electron chi connectivity index (χ2n) is 11.4. The number of piperidine rings is 2. The molecule has 2 aliphatic rings. The van der Waals surface area contributed by atoms with Gasteiger partial charge in [0.25, 0.3) is 0 Å². The van der Waals surface area contributed by atoms with Crippen LogP contribution < -0.4 is 10.6 Å². The van der Waals surface area contributed by atoms with Crippen molar-refractivity contribution in [2.24, 2.45) is 0 Å². The number of likely N-dealkylation sites (tertiary alicyclic amines) is 2. The number of para-hydroxylation sites is 2. The van der Waals surface area contributed by atoms with Crippen molar-refractivity contribution in [3.05, 3.63) is 58.7 Å². The lowest BCUT2D eigenvalue weighted by molar-refractivity contribution is -0.123. The lowest BCUT2D eigenvalue weighted by atomic mass is 10.00. The Bertz CT molecular complexity index is 1060. The topological polar surface area (TPSA) is 64.7 Å². The lowest BCUT2D eigenvalue weighted by Crippen LogP contribution is -2.47. The van der Waals surface area contributed by atoms with E-state index in [1.807, 2.05) is 45.2 Å². The number of hydrogen-bond acceptors (Lipinski definition) is 4. The van der Waals surface area contributed by atoms with Gasteiger partial charge in [0.1, 0.15) is 0 Å². The van der Waals surface area contributed by atoms with Gasteiger partial charge in [0.15, 0.2) is 0 Å². The molecule has 4 rings (SSSR count). The fourth-order valence-electron chi connectivity index (χ4n) is 5.76. The zero-order valence-electron chi connectivity index (χ0n) is 25.1. The monoisotopic (exact) mass is 534 g/mol. The molecule has 0 aliphatic carbocycles. The number of nitrogens with one attached hydrogen (secondary N) is 2. The molecule has 2 N–H and O–H groups in total. The van der Waals surface area contributed by atoms with Gasteiger partial charge in [0.2, 0.25) is 11.8 Å². The molecule has 2 aromatic carbocycles. The summed E-state index contributed by atoms with van der Waals surface area (Å²) in [5.41, 5.74) is 6.49. The second kappa shape index (κ2) is 15.2. The van der Waals surface area contributed by atoms with Crippen LogP contribution in [0.1, 0.15) is 80.5 Å². The number of nitrogens with zero attached hydrogens (tertiary/aromatic N) is 2. The van der Waals surface area contributed by atoms with E-state index in [1.54, 1.807) is 0 Å². The van der Waals surface area contributed by atoms with Crippen molar-refractivity contribution >= 4 is 23.2 Å². The van der Waals surface area contributed by atoms with E-state index in [9.17, 15) is 9.59 Å². The maximum atomic E-state index is 12.7. The zero-order valence-corrected chi connectivity index (χ0v) is 25.1. The van der Waals surface area contributed by atoms with Crippen molar-refractivity contribution in [3.8, 4) is 0 Å². The van der Waals surface area contributed by atoms with Crippen LogP contribution in [-0.2, 0) is 9.59 Å². The first-order valence-electron chi connectivity index (χ1n) is 14.9. The summed E-state index contributed by atoms with van der Waals surface area (Å²) in [4.78, 5) is 29.6. The molecule has 2 aromatic rings. The van der Waals surface area contributed by atoms with E-state index < -0.39 is 0 Å². The molecule has 0 saturated carbocycles. The highest BCUT2D eigenvalue weighted by Crippen LogP contribution is 2.24. The van der Waals surface area contributed by atoms with E-state index in [0.717, 1.165) is 78.9 Å². The molecule has 0 radical (unpaired) electrons. The molecule has 0 bridgehead atoms. The summed E-state index contributed by atoms with van der Waals surface area (Å²) in [6.45, 7) is 13.5. The van der Waals surface area contributed by atoms with Crippen molar-refractivity contribution < 1.29 is 9.59 Å². The normalized spacial score (nSPS) is 20.1. The molecule has 6 nitrogen and oxygen atoms in total. The second-order valence-corrected chi connectivity index (χ2v) is 11.4. The maximum absolute atomic E-state index is 12.7. The molecule has 2 amide bonds. The number of amides is 2. The molecule has 1 unspecified atom stereocenters. The van der Waals surface area contributed by atoms with Crippen molar-refractivity contribution in [2.45, 2.75) is 98.1 Å². The van der Waals surface area contributed by atoms with E-state index >= 15 is 0 Å². The van der Waals surface area contributed by atoms with Gasteiger partial charge in [0, 0.05) is 11.4 Å². The molecular formula is C33H50N4O2. The Labute approximate surface area is 236 Å². The first-order valence-corrected chi connectivity index (χ1v) is 14.9. The van der Waals surface area contributed by atoms with Crippen LogP contribution in [0.2, 0.25) is 0 Å². The molecule has 2 heterocycles. The summed E-state index contributed by atoms with van der Waals surface area (Å²) >= 11 is 0. The number of anilines is 2. The SMILES string of the molecule is CCCCN1CCCC[C@H]1C(=O)Nc1c(C)cccc1C.Cc1cccc(C)c1NC(=O)C1CCCCN1C. The third-order valence-electron chi connectivity index (χ3n) is 8.25. The predicted octanol–water partition coefficient (Wildman–Crippen LogP) is 6.62. The van der Waals surface area contributed by atoms with Gasteiger partial charge in [-0.2, -0.15) is 0 Å². The summed E-state index contributed by atoms with van der Waals surface area (Å²) < 4.78 is 0. The summed E-state index contributed by atoms with van der Waals surface area (Å²) in [5.74, 6) is 0.304. The number of unbranched alkanes of at least 4 members (excludes halogenated alkanes) is 1. The Morgan fingerprint density at radius 2 is 1.21 bits per heavy atom. The molecule has 39 heavy (non-hydrogen) atoms. The highest BCUT2D eigenvalue weighted by Gasteiger charge is 2.29. The van der Waals surface area contributed by atoms with Crippen LogP contribution in [0.25, 0.3) is 0 Å². The van der Waals surface area contributed by atoms with Crippen LogP contribution in [0, 0.1) is 27.7 Å². The lowest BCUT2D eigenvalue weighted by Gasteiger charge is -2.34. The molecule has 2 atom stereocenters. The zero-order chi connectivity index (χ0) is 28.4. The Kier molecular flexibility index (Phi) is 12.0. The van der Waals surface area contributed by atoms with E-state index in [0.29, 0.717) is 0 Å². The molecule has 2 fully saturated rings. The summed E-state index contributed by atoms with van der Waals surface area (Å²) in [6.07, 6.45) is 9.03. The summed E-state index contributed by atoms with van der Waals surface area (Å²) in [6, 6.07) is 12.3. The van der Waals surface area contributed by atoms with Crippen LogP contribution in [0.5, 0.6) is 0 Å². The Hall–Kier alpha value is -2.70. The standard InChI is InChI=1S/C18H28N2O.C15H22N2O/c1-4-5-12-20-13-7-6-11-16(20)18(21)19-17-14(2)9-8-10-15(17)3;1-11-7-6-8-12(2)14(11)16-15(18)13-9-4-5-10-17(13)3/h8-10,16H,4-7,11-13H2,1-3H3,(H,19,21);6-8,13H,4-5,9-10H2,1-3H3,(H,16,18)/t16-;/m0./s1. The number of likely N-dealkylation sites (N-methyl/N-ethyl adjacent to an activating group) is 1. The van der Waals surface area contributed by atoms with Gasteiger partial charge in [-0.05, 0) is 109 Å². The maximum Gasteiger partial charge on any atom is 0.241 e. The van der Waals surface area contributed by atoms with Crippen LogP contribution in [0.3, 0.4) is 0 Å². The van der Waals surface area contributed by atoms with Crippen molar-refractivity contribution in [2.75, 3.05) is 37.3 Å². The number of benzene rings is 2. The molecular weight excluding hydrogens is 484 g/mol. The predicted molar refractivity (Wildman–Crippen MR) is 163 cm³/mol. The summed E-state index contributed by atoms with van der Waals surface area (Å²) in [7, 11) is 2.04. The first kappa shape index (κ1) is 30.8. The third-order valence-corrected chi connectivity index (χ3v) is 8.25. The van der Waals surface area contributed by atoms with Gasteiger partial charge in [-0.1, -0.05) is 62.6 Å². The average molecular weight is 535 g/mol. The van der Waals surface area contributed by atoms with Gasteiger partial charge in [-0.3, -0.25) is 19.4 Å². The largest absolute Gasteiger partial charge is 0.324 e. The van der Waals surface area contributed by atoms with Gasteiger partial charge >= 0.3 is 0 Å². The highest BCUT2D eigenvalue weighted by atomic mass is 16.2. The molecule has 0 spiro atoms. The van der Waals surface area contributed by atoms with E-state index in [1.165, 1.54) is 25.7 Å². The number of carbonyl (C=O) groups excluding carboxylic acids is 2. The summed E-state index contributed by atoms with van der Waals surface area (Å²) in [5, 5.41) is 6.27. The van der Waals surface area contributed by atoms with Gasteiger partial charge in [0.05, 0.1) is 12.1 Å². The Morgan fingerprint density at radius 1 is 0.744 bits per heavy atom. The smallest absolute Gasteiger partial charge is 0.241 e. The molecule has 0 aromatic heterocycles. The first-order chi connectivity index (χ1) is 18.7. The van der Waals surface area contributed by atoms with Crippen molar-refractivity contribution in [1.29, 1.82) is 0 Å². The minimum absolute atomic E-state index is 0.0257. The third kappa shape index (κ3) is 8.64. The Morgan fingerprint density at radius 3 is 1.69 bits per heavy atom. The number of aryl methyl sites for hydroxylation is 4. The molecule has 2 aliphatic heterocycles. The van der Waals surface area contributed by atoms with Gasteiger partial charge in [-0.25, -0.2) is 0 Å². The fraction of sp³-hybridized carbons (Fsp3) is 0.576. The van der Waals surface area contributed by atoms with E-state index in [2.05, 4.69) is 53.3 Å².